The normalized spacial score (nSPS) is 19.4. The Morgan fingerprint density at radius 2 is 2.04 bits per heavy atom. The first-order chi connectivity index (χ1) is 11.2. The molecule has 0 bridgehead atoms. The van der Waals surface area contributed by atoms with Crippen LogP contribution < -0.4 is 11.1 Å². The number of halogens is 1. The molecule has 1 heterocycles. The van der Waals surface area contributed by atoms with E-state index in [1.54, 1.807) is 0 Å². The molecule has 0 spiro atoms. The standard InChI is InChI=1S/C18H26N2O3.ClH/c19-17(15-6-8-22-9-7-15)18(21)20-16-3-1-2-14(10-16)12-23-11-13-4-5-13;/h1-3,10,13,15,17H,4-9,11-12,19H2,(H,20,21);1H. The highest BCUT2D eigenvalue weighted by Gasteiger charge is 2.26. The molecule has 3 rings (SSSR count). The number of hydrogen-bond acceptors (Lipinski definition) is 4. The van der Waals surface area contributed by atoms with Crippen LogP contribution in [-0.2, 0) is 20.9 Å². The van der Waals surface area contributed by atoms with E-state index in [1.807, 2.05) is 24.3 Å². The summed E-state index contributed by atoms with van der Waals surface area (Å²) < 4.78 is 11.0. The van der Waals surface area contributed by atoms with Crippen molar-refractivity contribution in [3.8, 4) is 0 Å². The quantitative estimate of drug-likeness (QED) is 0.789. The minimum Gasteiger partial charge on any atom is -0.381 e. The van der Waals surface area contributed by atoms with E-state index in [0.717, 1.165) is 36.6 Å². The maximum Gasteiger partial charge on any atom is 0.241 e. The van der Waals surface area contributed by atoms with Crippen LogP contribution in [0.15, 0.2) is 24.3 Å². The number of carbonyl (C=O) groups is 1. The van der Waals surface area contributed by atoms with E-state index in [1.165, 1.54) is 12.8 Å². The molecule has 3 N–H and O–H groups in total. The molecule has 2 fully saturated rings. The Morgan fingerprint density at radius 1 is 1.29 bits per heavy atom. The van der Waals surface area contributed by atoms with E-state index < -0.39 is 6.04 Å². The highest BCUT2D eigenvalue weighted by Crippen LogP contribution is 2.29. The summed E-state index contributed by atoms with van der Waals surface area (Å²) in [6.07, 6.45) is 4.29. The van der Waals surface area contributed by atoms with E-state index in [9.17, 15) is 4.79 Å². The van der Waals surface area contributed by atoms with Gasteiger partial charge in [0.25, 0.3) is 0 Å². The van der Waals surface area contributed by atoms with Gasteiger partial charge in [0.2, 0.25) is 5.91 Å². The third-order valence-electron chi connectivity index (χ3n) is 4.59. The lowest BCUT2D eigenvalue weighted by atomic mass is 9.92. The number of rotatable bonds is 7. The molecule has 5 nitrogen and oxygen atoms in total. The van der Waals surface area contributed by atoms with Crippen molar-refractivity contribution < 1.29 is 14.3 Å². The first-order valence-corrected chi connectivity index (χ1v) is 8.53. The number of amides is 1. The molecule has 2 aliphatic rings. The van der Waals surface area contributed by atoms with Crippen LogP contribution in [0.25, 0.3) is 0 Å². The van der Waals surface area contributed by atoms with E-state index in [2.05, 4.69) is 5.32 Å². The molecule has 1 aliphatic heterocycles. The summed E-state index contributed by atoms with van der Waals surface area (Å²) in [4.78, 5) is 12.3. The lowest BCUT2D eigenvalue weighted by molar-refractivity contribution is -0.119. The van der Waals surface area contributed by atoms with Gasteiger partial charge in [-0.05, 0) is 55.2 Å². The zero-order valence-corrected chi connectivity index (χ0v) is 14.7. The van der Waals surface area contributed by atoms with E-state index in [0.29, 0.717) is 19.8 Å². The molecule has 1 amide bonds. The van der Waals surface area contributed by atoms with E-state index >= 15 is 0 Å². The number of benzene rings is 1. The van der Waals surface area contributed by atoms with Crippen molar-refractivity contribution >= 4 is 24.0 Å². The van der Waals surface area contributed by atoms with Crippen LogP contribution in [0, 0.1) is 11.8 Å². The van der Waals surface area contributed by atoms with Gasteiger partial charge < -0.3 is 20.5 Å². The fraction of sp³-hybridized carbons (Fsp3) is 0.611. The number of nitrogens with one attached hydrogen (secondary N) is 1. The minimum atomic E-state index is -0.478. The predicted octanol–water partition coefficient (Wildman–Crippen LogP) is 2.73. The summed E-state index contributed by atoms with van der Waals surface area (Å²) in [5.41, 5.74) is 7.96. The van der Waals surface area contributed by atoms with E-state index in [4.69, 9.17) is 15.2 Å². The summed E-state index contributed by atoms with van der Waals surface area (Å²) >= 11 is 0. The zero-order chi connectivity index (χ0) is 16.1. The van der Waals surface area contributed by atoms with Crippen molar-refractivity contribution in [3.63, 3.8) is 0 Å². The summed E-state index contributed by atoms with van der Waals surface area (Å²) in [7, 11) is 0. The van der Waals surface area contributed by atoms with Gasteiger partial charge in [-0.25, -0.2) is 0 Å². The first kappa shape index (κ1) is 19.2. The lowest BCUT2D eigenvalue weighted by Gasteiger charge is -2.26. The van der Waals surface area contributed by atoms with Crippen LogP contribution in [0.1, 0.15) is 31.2 Å². The van der Waals surface area contributed by atoms with Crippen molar-refractivity contribution in [3.05, 3.63) is 29.8 Å². The molecule has 1 aromatic carbocycles. The zero-order valence-electron chi connectivity index (χ0n) is 13.9. The van der Waals surface area contributed by atoms with Gasteiger partial charge >= 0.3 is 0 Å². The molecule has 0 radical (unpaired) electrons. The average Bonchev–Trinajstić information content (AvgIpc) is 3.39. The van der Waals surface area contributed by atoms with Gasteiger partial charge in [0.15, 0.2) is 0 Å². The van der Waals surface area contributed by atoms with Gasteiger partial charge in [-0.3, -0.25) is 4.79 Å². The van der Waals surface area contributed by atoms with Crippen molar-refractivity contribution in [2.75, 3.05) is 25.1 Å². The molecule has 1 saturated carbocycles. The topological polar surface area (TPSA) is 73.6 Å². The van der Waals surface area contributed by atoms with Crippen LogP contribution in [0.3, 0.4) is 0 Å². The van der Waals surface area contributed by atoms with Crippen molar-refractivity contribution in [2.24, 2.45) is 17.6 Å². The number of ether oxygens (including phenoxy) is 2. The van der Waals surface area contributed by atoms with Crippen LogP contribution >= 0.6 is 12.4 Å². The molecular formula is C18H27ClN2O3. The van der Waals surface area contributed by atoms with E-state index in [-0.39, 0.29) is 24.2 Å². The molecular weight excluding hydrogens is 328 g/mol. The Morgan fingerprint density at radius 3 is 2.75 bits per heavy atom. The maximum absolute atomic E-state index is 12.3. The van der Waals surface area contributed by atoms with Gasteiger partial charge in [-0.1, -0.05) is 12.1 Å². The van der Waals surface area contributed by atoms with Gasteiger partial charge in [0.1, 0.15) is 0 Å². The Hall–Kier alpha value is -1.14. The van der Waals surface area contributed by atoms with Crippen LogP contribution in [-0.4, -0.2) is 31.8 Å². The Kier molecular flexibility index (Phi) is 7.49. The summed E-state index contributed by atoms with van der Waals surface area (Å²) in [6, 6.07) is 7.32. The average molecular weight is 355 g/mol. The van der Waals surface area contributed by atoms with Crippen LogP contribution in [0.2, 0.25) is 0 Å². The van der Waals surface area contributed by atoms with Gasteiger partial charge in [-0.15, -0.1) is 12.4 Å². The van der Waals surface area contributed by atoms with Crippen molar-refractivity contribution in [2.45, 2.75) is 38.3 Å². The number of hydrogen-bond donors (Lipinski definition) is 2. The lowest BCUT2D eigenvalue weighted by Crippen LogP contribution is -2.44. The molecule has 1 aliphatic carbocycles. The Bertz CT molecular complexity index is 531. The summed E-state index contributed by atoms with van der Waals surface area (Å²) in [5, 5.41) is 2.93. The third kappa shape index (κ3) is 5.74. The Labute approximate surface area is 149 Å². The largest absolute Gasteiger partial charge is 0.381 e. The first-order valence-electron chi connectivity index (χ1n) is 8.53. The Balaban J connectivity index is 0.00000208. The van der Waals surface area contributed by atoms with Crippen molar-refractivity contribution in [1.82, 2.24) is 0 Å². The molecule has 1 aromatic rings. The minimum absolute atomic E-state index is 0. The maximum atomic E-state index is 12.3. The number of anilines is 1. The highest BCUT2D eigenvalue weighted by atomic mass is 35.5. The molecule has 0 aromatic heterocycles. The van der Waals surface area contributed by atoms with Crippen molar-refractivity contribution in [1.29, 1.82) is 0 Å². The second-order valence-electron chi connectivity index (χ2n) is 6.62. The van der Waals surface area contributed by atoms with Gasteiger partial charge in [0.05, 0.1) is 12.6 Å². The molecule has 24 heavy (non-hydrogen) atoms. The summed E-state index contributed by atoms with van der Waals surface area (Å²) in [5.74, 6) is 0.845. The highest BCUT2D eigenvalue weighted by molar-refractivity contribution is 5.94. The molecule has 1 atom stereocenters. The third-order valence-corrected chi connectivity index (χ3v) is 4.59. The van der Waals surface area contributed by atoms with Gasteiger partial charge in [0, 0.05) is 25.5 Å². The van der Waals surface area contributed by atoms with Gasteiger partial charge in [-0.2, -0.15) is 0 Å². The second kappa shape index (κ2) is 9.37. The van der Waals surface area contributed by atoms with Crippen LogP contribution in [0.4, 0.5) is 5.69 Å². The smallest absolute Gasteiger partial charge is 0.241 e. The summed E-state index contributed by atoms with van der Waals surface area (Å²) in [6.45, 7) is 2.82. The fourth-order valence-corrected chi connectivity index (χ4v) is 2.88. The molecule has 6 heteroatoms. The SMILES string of the molecule is Cl.NC(C(=O)Nc1cccc(COCC2CC2)c1)C1CCOCC1. The predicted molar refractivity (Wildman–Crippen MR) is 96.2 cm³/mol. The number of nitrogens with two attached hydrogens (primary N) is 1. The number of carbonyl (C=O) groups excluding carboxylic acids is 1. The van der Waals surface area contributed by atoms with Crippen LogP contribution in [0.5, 0.6) is 0 Å². The molecule has 1 saturated heterocycles. The second-order valence-corrected chi connectivity index (χ2v) is 6.62. The molecule has 1 unspecified atom stereocenters. The monoisotopic (exact) mass is 354 g/mol. The fourth-order valence-electron chi connectivity index (χ4n) is 2.88. The molecule has 134 valence electrons.